The maximum absolute atomic E-state index is 8.32. The van der Waals surface area contributed by atoms with Crippen molar-refractivity contribution in [3.63, 3.8) is 0 Å². The Morgan fingerprint density at radius 3 is 1.32 bits per heavy atom. The molecule has 0 bridgehead atoms. The van der Waals surface area contributed by atoms with E-state index in [1.54, 1.807) is 92.0 Å². The van der Waals surface area contributed by atoms with Crippen LogP contribution < -0.4 is 57.8 Å². The Balaban J connectivity index is 0.000000239. The van der Waals surface area contributed by atoms with Crippen molar-refractivity contribution in [1.29, 1.82) is 0 Å². The van der Waals surface area contributed by atoms with E-state index in [2.05, 4.69) is 26.3 Å². The van der Waals surface area contributed by atoms with Gasteiger partial charge in [-0.3, -0.25) is 0 Å². The first kappa shape index (κ1) is 49.1. The number of hydrogen-bond acceptors (Lipinski definition) is 15. The molecular formula is C45H51N7O11. The third-order valence-corrected chi connectivity index (χ3v) is 8.58. The summed E-state index contributed by atoms with van der Waals surface area (Å²) < 4.78 is 58.6. The van der Waals surface area contributed by atoms with Crippen LogP contribution in [0.3, 0.4) is 0 Å². The lowest BCUT2D eigenvalue weighted by molar-refractivity contribution is 0.324. The lowest BCUT2D eigenvalue weighted by Crippen LogP contribution is -2.02. The molecule has 2 N–H and O–H groups in total. The van der Waals surface area contributed by atoms with Gasteiger partial charge in [0.25, 0.3) is 0 Å². The van der Waals surface area contributed by atoms with Gasteiger partial charge in [-0.2, -0.15) is 0 Å². The summed E-state index contributed by atoms with van der Waals surface area (Å²) in [5, 5.41) is 11.7. The highest BCUT2D eigenvalue weighted by atomic mass is 16.5. The van der Waals surface area contributed by atoms with Gasteiger partial charge in [-0.1, -0.05) is 16.2 Å². The minimum absolute atomic E-state index is 0.409. The highest BCUT2D eigenvalue weighted by molar-refractivity contribution is 5.65. The minimum atomic E-state index is 0.409. The first-order chi connectivity index (χ1) is 30.6. The fraction of sp³-hybridized carbons (Fsp3) is 0.244. The second-order valence-corrected chi connectivity index (χ2v) is 12.0. The molecule has 0 spiro atoms. The largest absolute Gasteiger partial charge is 0.497 e. The molecule has 0 saturated heterocycles. The molecular weight excluding hydrogens is 815 g/mol. The summed E-state index contributed by atoms with van der Waals surface area (Å²) in [6.45, 7) is 0. The number of rotatable bonds is 14. The van der Waals surface area contributed by atoms with Crippen LogP contribution in [0.25, 0.3) is 27.4 Å². The summed E-state index contributed by atoms with van der Waals surface area (Å²) in [5.41, 5.74) is 18.3. The molecule has 0 aliphatic heterocycles. The van der Waals surface area contributed by atoms with Gasteiger partial charge in [-0.15, -0.1) is 11.5 Å². The number of benzene rings is 5. The molecule has 0 fully saturated rings. The molecule has 6 aromatic rings. The zero-order valence-corrected chi connectivity index (χ0v) is 37.0. The van der Waals surface area contributed by atoms with Gasteiger partial charge < -0.3 is 57.8 Å². The van der Waals surface area contributed by atoms with Crippen molar-refractivity contribution < 1.29 is 52.1 Å². The predicted octanol–water partition coefficient (Wildman–Crippen LogP) is 8.59. The summed E-state index contributed by atoms with van der Waals surface area (Å²) in [6.07, 6.45) is 6.85. The minimum Gasteiger partial charge on any atom is -0.497 e. The van der Waals surface area contributed by atoms with E-state index in [9.17, 15) is 0 Å². The molecule has 332 valence electrons. The van der Waals surface area contributed by atoms with Gasteiger partial charge in [0.2, 0.25) is 17.2 Å². The summed E-state index contributed by atoms with van der Waals surface area (Å²) >= 11 is 0. The van der Waals surface area contributed by atoms with Crippen molar-refractivity contribution in [1.82, 2.24) is 15.0 Å². The Bertz CT molecular complexity index is 2370. The highest BCUT2D eigenvalue weighted by Gasteiger charge is 2.17. The molecule has 0 atom stereocenters. The fourth-order valence-electron chi connectivity index (χ4n) is 5.54. The van der Waals surface area contributed by atoms with Gasteiger partial charge in [0.05, 0.1) is 95.8 Å². The highest BCUT2D eigenvalue weighted by Crippen LogP contribution is 2.42. The van der Waals surface area contributed by atoms with Crippen molar-refractivity contribution in [2.75, 3.05) is 83.9 Å². The van der Waals surface area contributed by atoms with Crippen LogP contribution in [0, 0.1) is 12.3 Å². The zero-order chi connectivity index (χ0) is 46.3. The Morgan fingerprint density at radius 1 is 0.556 bits per heavy atom. The number of azide groups is 1. The number of hydrogen-bond donors (Lipinski definition) is 1. The second kappa shape index (κ2) is 25.4. The third-order valence-electron chi connectivity index (χ3n) is 8.58. The molecule has 1 heterocycles. The third kappa shape index (κ3) is 13.1. The number of nitrogens with two attached hydrogens (primary N) is 1. The van der Waals surface area contributed by atoms with Gasteiger partial charge in [-0.05, 0) is 66.2 Å². The van der Waals surface area contributed by atoms with Crippen LogP contribution >= 0.6 is 0 Å². The van der Waals surface area contributed by atoms with Crippen molar-refractivity contribution in [2.45, 2.75) is 0 Å². The maximum Gasteiger partial charge on any atom is 0.203 e. The number of nitrogens with zero attached hydrogens (tertiary/aromatic N) is 6. The standard InChI is InChI=1S/C18H19N3O4.C9H11N3O3.C9H13NO3.C9H8O/c1-22-14-7-5-12(6-8-14)15-11-19-20-21(15)13-9-16(23-2)18(25-4)17(10-13)24-3;1-13-7-4-6(11-12-10)5-8(14-2)9(7)15-3;1-11-7-4-6(10)5-8(12-2)9(7)13-3;1-3-8-4-6-9(10-2)7-5-8/h5-11H,1-4H3;4-5H,1-3H3;4-5H,10H2,1-3H3;1,4-7H,2H3. The Morgan fingerprint density at radius 2 is 0.952 bits per heavy atom. The van der Waals surface area contributed by atoms with E-state index in [-0.39, 0.29) is 0 Å². The molecule has 0 aliphatic rings. The summed E-state index contributed by atoms with van der Waals surface area (Å²) in [5.74, 6) is 8.85. The van der Waals surface area contributed by atoms with E-state index in [0.29, 0.717) is 63.1 Å². The van der Waals surface area contributed by atoms with Crippen molar-refractivity contribution in [2.24, 2.45) is 5.11 Å². The number of anilines is 1. The summed E-state index contributed by atoms with van der Waals surface area (Å²) in [4.78, 5) is 2.69. The quantitative estimate of drug-likeness (QED) is 0.0358. The Kier molecular flexibility index (Phi) is 19.8. The first-order valence-electron chi connectivity index (χ1n) is 18.4. The number of aromatic nitrogens is 3. The molecule has 18 heteroatoms. The topological polar surface area (TPSA) is 207 Å². The van der Waals surface area contributed by atoms with E-state index in [1.807, 2.05) is 60.7 Å². The van der Waals surface area contributed by atoms with Crippen LogP contribution in [0.2, 0.25) is 0 Å². The molecule has 0 radical (unpaired) electrons. The lowest BCUT2D eigenvalue weighted by Gasteiger charge is -2.15. The lowest BCUT2D eigenvalue weighted by atomic mass is 10.1. The predicted molar refractivity (Wildman–Crippen MR) is 239 cm³/mol. The van der Waals surface area contributed by atoms with Gasteiger partial charge in [0, 0.05) is 51.7 Å². The first-order valence-corrected chi connectivity index (χ1v) is 18.4. The summed E-state index contributed by atoms with van der Waals surface area (Å²) in [6, 6.07) is 25.2. The molecule has 0 amide bonds. The molecule has 1 aromatic heterocycles. The Hall–Kier alpha value is -8.29. The van der Waals surface area contributed by atoms with Gasteiger partial charge in [-0.25, -0.2) is 4.68 Å². The van der Waals surface area contributed by atoms with Crippen LogP contribution in [-0.4, -0.2) is 93.2 Å². The monoisotopic (exact) mass is 865 g/mol. The number of nitrogen functional groups attached to an aromatic ring is 1. The van der Waals surface area contributed by atoms with Crippen LogP contribution in [0.4, 0.5) is 11.4 Å². The Labute approximate surface area is 366 Å². The van der Waals surface area contributed by atoms with E-state index in [1.165, 1.54) is 21.3 Å². The van der Waals surface area contributed by atoms with E-state index in [0.717, 1.165) is 34.0 Å². The van der Waals surface area contributed by atoms with Crippen LogP contribution in [-0.2, 0) is 0 Å². The van der Waals surface area contributed by atoms with Crippen molar-refractivity contribution in [3.05, 3.63) is 107 Å². The maximum atomic E-state index is 8.32. The zero-order valence-electron chi connectivity index (χ0n) is 37.0. The molecule has 0 saturated carbocycles. The van der Waals surface area contributed by atoms with E-state index in [4.69, 9.17) is 69.8 Å². The van der Waals surface area contributed by atoms with Gasteiger partial charge in [0.15, 0.2) is 34.5 Å². The van der Waals surface area contributed by atoms with Crippen LogP contribution in [0.5, 0.6) is 63.2 Å². The number of methoxy groups -OCH3 is 11. The SMILES string of the molecule is C#Cc1ccc(OC)cc1.COc1cc(N)cc(OC)c1OC.COc1cc(N=[N+]=[N-])cc(OC)c1OC.COc1ccc(-c2cnnn2-c2cc(OC)c(OC)c(OC)c2)cc1. The van der Waals surface area contributed by atoms with Gasteiger partial charge >= 0.3 is 0 Å². The summed E-state index contributed by atoms with van der Waals surface area (Å²) in [7, 11) is 17.1. The van der Waals surface area contributed by atoms with Crippen molar-refractivity contribution >= 4 is 11.4 Å². The molecule has 5 aromatic carbocycles. The average Bonchev–Trinajstić information content (AvgIpc) is 3.83. The van der Waals surface area contributed by atoms with Crippen molar-refractivity contribution in [3.8, 4) is 92.5 Å². The van der Waals surface area contributed by atoms with Crippen LogP contribution in [0.1, 0.15) is 5.56 Å². The number of terminal acetylenes is 1. The second-order valence-electron chi connectivity index (χ2n) is 12.0. The van der Waals surface area contributed by atoms with E-state index >= 15 is 0 Å². The van der Waals surface area contributed by atoms with E-state index < -0.39 is 0 Å². The molecule has 0 aliphatic carbocycles. The molecule has 6 rings (SSSR count). The van der Waals surface area contributed by atoms with Gasteiger partial charge in [0.1, 0.15) is 11.5 Å². The molecule has 18 nitrogen and oxygen atoms in total. The molecule has 0 unspecified atom stereocenters. The smallest absolute Gasteiger partial charge is 0.203 e. The van der Waals surface area contributed by atoms with Crippen LogP contribution in [0.15, 0.2) is 96.2 Å². The average molecular weight is 866 g/mol. The number of ether oxygens (including phenoxy) is 11. The molecule has 63 heavy (non-hydrogen) atoms. The normalized spacial score (nSPS) is 9.56. The fourth-order valence-corrected chi connectivity index (χ4v) is 5.54.